The van der Waals surface area contributed by atoms with E-state index in [1.54, 1.807) is 0 Å². The topological polar surface area (TPSA) is 58.9 Å². The van der Waals surface area contributed by atoms with E-state index in [0.717, 1.165) is 35.5 Å². The summed E-state index contributed by atoms with van der Waals surface area (Å²) in [5.74, 6) is 1.61. The average Bonchev–Trinajstić information content (AvgIpc) is 3.19. The third kappa shape index (κ3) is 7.91. The summed E-state index contributed by atoms with van der Waals surface area (Å²) in [7, 11) is 0. The van der Waals surface area contributed by atoms with Crippen LogP contribution < -0.4 is 9.47 Å². The predicted molar refractivity (Wildman–Crippen MR) is 222 cm³/mol. The van der Waals surface area contributed by atoms with Crippen LogP contribution in [0, 0.1) is 0 Å². The van der Waals surface area contributed by atoms with Crippen LogP contribution in [-0.2, 0) is 23.7 Å². The van der Waals surface area contributed by atoms with Crippen LogP contribution in [0.4, 0.5) is 0 Å². The molecule has 0 bridgehead atoms. The number of aliphatic hydroxyl groups is 2. The molecule has 7 rings (SSSR count). The highest BCUT2D eigenvalue weighted by atomic mass is 16.5. The van der Waals surface area contributed by atoms with Crippen LogP contribution in [-0.4, -0.2) is 36.6 Å². The number of aliphatic hydroxyl groups excluding tert-OH is 2. The fourth-order valence-corrected chi connectivity index (χ4v) is 7.57. The summed E-state index contributed by atoms with van der Waals surface area (Å²) in [6.45, 7) is 9.60. The van der Waals surface area contributed by atoms with Crippen molar-refractivity contribution < 1.29 is 19.7 Å². The molecule has 0 aromatic heterocycles. The second kappa shape index (κ2) is 15.9. The van der Waals surface area contributed by atoms with Crippen molar-refractivity contribution in [1.82, 2.24) is 0 Å². The molecule has 0 unspecified atom stereocenters. The SMILES string of the molecule is CC(C)(c1cccc(C(C)(C)c2ccc(OCCO)c(Cc3ccc4ccccc4c3)c2)c1)c1ccc(OCCO)c(Cc2ccc3ccccc3c2)c1. The van der Waals surface area contributed by atoms with E-state index in [-0.39, 0.29) is 37.3 Å². The zero-order valence-corrected chi connectivity index (χ0v) is 31.8. The van der Waals surface area contributed by atoms with Gasteiger partial charge in [0.25, 0.3) is 0 Å². The van der Waals surface area contributed by atoms with E-state index < -0.39 is 0 Å². The summed E-state index contributed by atoms with van der Waals surface area (Å²) in [5.41, 5.74) is 8.89. The van der Waals surface area contributed by atoms with Crippen molar-refractivity contribution in [2.24, 2.45) is 0 Å². The highest BCUT2D eigenvalue weighted by Gasteiger charge is 2.29. The third-order valence-corrected chi connectivity index (χ3v) is 11.0. The lowest BCUT2D eigenvalue weighted by molar-refractivity contribution is 0.200. The summed E-state index contributed by atoms with van der Waals surface area (Å²) >= 11 is 0. The van der Waals surface area contributed by atoms with E-state index in [0.29, 0.717) is 0 Å². The molecule has 0 radical (unpaired) electrons. The average molecular weight is 715 g/mol. The van der Waals surface area contributed by atoms with Crippen LogP contribution in [0.2, 0.25) is 0 Å². The second-order valence-corrected chi connectivity index (χ2v) is 15.3. The van der Waals surface area contributed by atoms with Gasteiger partial charge < -0.3 is 19.7 Å². The first-order valence-corrected chi connectivity index (χ1v) is 19.0. The first-order chi connectivity index (χ1) is 26.1. The second-order valence-electron chi connectivity index (χ2n) is 15.3. The number of hydrogen-bond donors (Lipinski definition) is 2. The monoisotopic (exact) mass is 714 g/mol. The van der Waals surface area contributed by atoms with Crippen LogP contribution >= 0.6 is 0 Å². The van der Waals surface area contributed by atoms with E-state index in [9.17, 15) is 10.2 Å². The molecule has 4 heteroatoms. The molecule has 0 saturated carbocycles. The Bertz CT molecular complexity index is 2220. The number of benzene rings is 7. The first kappa shape index (κ1) is 36.9. The minimum Gasteiger partial charge on any atom is -0.491 e. The molecule has 0 aliphatic rings. The van der Waals surface area contributed by atoms with Crippen molar-refractivity contribution in [3.8, 4) is 11.5 Å². The van der Waals surface area contributed by atoms with Crippen molar-refractivity contribution in [1.29, 1.82) is 0 Å². The molecule has 2 N–H and O–H groups in total. The fraction of sp³-hybridized carbons (Fsp3) is 0.240. The van der Waals surface area contributed by atoms with Gasteiger partial charge in [-0.3, -0.25) is 0 Å². The van der Waals surface area contributed by atoms with Gasteiger partial charge in [-0.15, -0.1) is 0 Å². The van der Waals surface area contributed by atoms with Crippen molar-refractivity contribution >= 4 is 21.5 Å². The molecule has 0 atom stereocenters. The van der Waals surface area contributed by atoms with Gasteiger partial charge in [0.2, 0.25) is 0 Å². The molecule has 0 spiro atoms. The Morgan fingerprint density at radius 3 is 1.24 bits per heavy atom. The van der Waals surface area contributed by atoms with Gasteiger partial charge >= 0.3 is 0 Å². The van der Waals surface area contributed by atoms with Gasteiger partial charge in [0.05, 0.1) is 13.2 Å². The summed E-state index contributed by atoms with van der Waals surface area (Å²) in [4.78, 5) is 0. The molecule has 7 aromatic rings. The van der Waals surface area contributed by atoms with Crippen LogP contribution in [0.25, 0.3) is 21.5 Å². The first-order valence-electron chi connectivity index (χ1n) is 19.0. The molecular weight excluding hydrogens is 665 g/mol. The summed E-state index contributed by atoms with van der Waals surface area (Å²) in [6.07, 6.45) is 1.45. The Labute approximate surface area is 319 Å². The third-order valence-electron chi connectivity index (χ3n) is 11.0. The maximum absolute atomic E-state index is 9.56. The van der Waals surface area contributed by atoms with E-state index in [1.165, 1.54) is 54.9 Å². The largest absolute Gasteiger partial charge is 0.491 e. The van der Waals surface area contributed by atoms with Crippen LogP contribution in [0.15, 0.2) is 146 Å². The minimum atomic E-state index is -0.303. The minimum absolute atomic E-state index is 0.0332. The molecule has 7 aromatic carbocycles. The zero-order chi connectivity index (χ0) is 37.7. The van der Waals surface area contributed by atoms with Crippen molar-refractivity contribution in [3.63, 3.8) is 0 Å². The van der Waals surface area contributed by atoms with E-state index in [1.807, 2.05) is 0 Å². The highest BCUT2D eigenvalue weighted by molar-refractivity contribution is 5.84. The molecule has 0 saturated heterocycles. The van der Waals surface area contributed by atoms with Gasteiger partial charge in [0, 0.05) is 23.7 Å². The molecule has 0 aliphatic carbocycles. The van der Waals surface area contributed by atoms with E-state index in [4.69, 9.17) is 9.47 Å². The number of fused-ring (bicyclic) bond motifs is 2. The number of ether oxygens (including phenoxy) is 2. The van der Waals surface area contributed by atoms with Crippen molar-refractivity contribution in [2.45, 2.75) is 51.4 Å². The predicted octanol–water partition coefficient (Wildman–Crippen LogP) is 10.6. The lowest BCUT2D eigenvalue weighted by atomic mass is 9.73. The van der Waals surface area contributed by atoms with Crippen LogP contribution in [0.3, 0.4) is 0 Å². The summed E-state index contributed by atoms with van der Waals surface area (Å²) in [5, 5.41) is 24.0. The van der Waals surface area contributed by atoms with Gasteiger partial charge in [0.1, 0.15) is 24.7 Å². The van der Waals surface area contributed by atoms with E-state index >= 15 is 0 Å². The lowest BCUT2D eigenvalue weighted by Gasteiger charge is -2.31. The molecule has 0 heterocycles. The number of rotatable bonds is 14. The quantitative estimate of drug-likeness (QED) is 0.118. The highest BCUT2D eigenvalue weighted by Crippen LogP contribution is 2.40. The Morgan fingerprint density at radius 2 is 0.815 bits per heavy atom. The lowest BCUT2D eigenvalue weighted by Crippen LogP contribution is -2.23. The van der Waals surface area contributed by atoms with Crippen LogP contribution in [0.5, 0.6) is 11.5 Å². The molecule has 4 nitrogen and oxygen atoms in total. The Morgan fingerprint density at radius 1 is 0.407 bits per heavy atom. The normalized spacial score (nSPS) is 12.0. The number of hydrogen-bond acceptors (Lipinski definition) is 4. The Hall–Kier alpha value is -5.42. The molecule has 0 aliphatic heterocycles. The van der Waals surface area contributed by atoms with Gasteiger partial charge in [-0.1, -0.05) is 161 Å². The van der Waals surface area contributed by atoms with E-state index in [2.05, 4.69) is 173 Å². The summed E-state index contributed by atoms with van der Waals surface area (Å²) < 4.78 is 12.1. The molecule has 54 heavy (non-hydrogen) atoms. The smallest absolute Gasteiger partial charge is 0.122 e. The van der Waals surface area contributed by atoms with Gasteiger partial charge in [0.15, 0.2) is 0 Å². The molecule has 274 valence electrons. The molecule has 0 amide bonds. The van der Waals surface area contributed by atoms with Crippen molar-refractivity contribution in [2.75, 3.05) is 26.4 Å². The molecule has 0 fully saturated rings. The zero-order valence-electron chi connectivity index (χ0n) is 31.8. The maximum Gasteiger partial charge on any atom is 0.122 e. The standard InChI is InChI=1S/C50H50O4/c1-49(2,45-20-22-47(53-26-24-51)41(32-45)30-35-16-18-37-10-5-7-12-39(37)28-35)43-14-9-15-44(34-43)50(3,4)46-21-23-48(54-27-25-52)42(33-46)31-36-17-19-38-11-6-8-13-40(38)29-36/h5-23,28-29,32-34,51-52H,24-27,30-31H2,1-4H3. The molecular formula is C50H50O4. The van der Waals surface area contributed by atoms with Gasteiger partial charge in [-0.05, 0) is 78.2 Å². The van der Waals surface area contributed by atoms with Crippen molar-refractivity contribution in [3.05, 3.63) is 190 Å². The fourth-order valence-electron chi connectivity index (χ4n) is 7.57. The van der Waals surface area contributed by atoms with Gasteiger partial charge in [-0.2, -0.15) is 0 Å². The van der Waals surface area contributed by atoms with Gasteiger partial charge in [-0.25, -0.2) is 0 Å². The maximum atomic E-state index is 9.56. The Kier molecular flexibility index (Phi) is 10.9. The van der Waals surface area contributed by atoms with Crippen LogP contribution in [0.1, 0.15) is 72.2 Å². The Balaban J connectivity index is 1.20. The summed E-state index contributed by atoms with van der Waals surface area (Å²) in [6, 6.07) is 52.2.